The average molecular weight is 423 g/mol. The van der Waals surface area contributed by atoms with Gasteiger partial charge in [0.2, 0.25) is 0 Å². The minimum absolute atomic E-state index is 0.100. The Labute approximate surface area is 178 Å². The molecule has 160 valence electrons. The zero-order valence-corrected chi connectivity index (χ0v) is 16.8. The summed E-state index contributed by atoms with van der Waals surface area (Å²) in [6.45, 7) is 3.33. The van der Waals surface area contributed by atoms with Gasteiger partial charge in [0.25, 0.3) is 11.6 Å². The van der Waals surface area contributed by atoms with Gasteiger partial charge in [0.1, 0.15) is 11.5 Å². The largest absolute Gasteiger partial charge is 0.349 e. The molecule has 0 atom stereocenters. The van der Waals surface area contributed by atoms with Crippen molar-refractivity contribution >= 4 is 11.6 Å². The topological polar surface area (TPSA) is 93.3 Å². The van der Waals surface area contributed by atoms with Crippen molar-refractivity contribution in [1.29, 1.82) is 0 Å². The molecule has 0 radical (unpaired) electrons. The summed E-state index contributed by atoms with van der Waals surface area (Å²) in [5, 5.41) is 18.6. The molecule has 0 aliphatic carbocycles. The number of nitro benzene ring substituents is 1. The van der Waals surface area contributed by atoms with Crippen LogP contribution in [0.4, 0.5) is 10.1 Å². The minimum atomic E-state index is -0.496. The Morgan fingerprint density at radius 3 is 2.58 bits per heavy atom. The van der Waals surface area contributed by atoms with Crippen molar-refractivity contribution in [2.45, 2.75) is 12.8 Å². The monoisotopic (exact) mass is 423 g/mol. The molecule has 9 heteroatoms. The van der Waals surface area contributed by atoms with Crippen LogP contribution in [0.15, 0.2) is 54.6 Å². The number of non-ortho nitro benzene ring substituents is 1. The second kappa shape index (κ2) is 9.05. The van der Waals surface area contributed by atoms with E-state index in [1.165, 1.54) is 41.8 Å². The molecule has 3 aromatic rings. The van der Waals surface area contributed by atoms with E-state index in [4.69, 9.17) is 0 Å². The zero-order chi connectivity index (χ0) is 21.8. The van der Waals surface area contributed by atoms with Crippen molar-refractivity contribution in [2.75, 3.05) is 26.2 Å². The van der Waals surface area contributed by atoms with Crippen molar-refractivity contribution in [3.8, 4) is 16.9 Å². The fraction of sp³-hybridized carbons (Fsp3) is 0.273. The second-order valence-electron chi connectivity index (χ2n) is 7.42. The summed E-state index contributed by atoms with van der Waals surface area (Å²) >= 11 is 0. The predicted octanol–water partition coefficient (Wildman–Crippen LogP) is 3.41. The van der Waals surface area contributed by atoms with Crippen LogP contribution in [0, 0.1) is 15.9 Å². The fourth-order valence-corrected chi connectivity index (χ4v) is 3.66. The van der Waals surface area contributed by atoms with Crippen LogP contribution in [-0.2, 0) is 0 Å². The molecule has 1 N–H and O–H groups in total. The standard InChI is InChI=1S/C22H22FN5O3/c23-17-8-6-16(7-9-17)20-15-21(22(29)24-10-13-26-11-1-2-12-26)27(25-20)18-4-3-5-19(14-18)28(30)31/h3-9,14-15H,1-2,10-13H2,(H,24,29). The summed E-state index contributed by atoms with van der Waals surface area (Å²) in [5.41, 5.74) is 1.65. The molecule has 0 spiro atoms. The Hall–Kier alpha value is -3.59. The van der Waals surface area contributed by atoms with Crippen molar-refractivity contribution < 1.29 is 14.1 Å². The quantitative estimate of drug-likeness (QED) is 0.464. The molecule has 4 rings (SSSR count). The van der Waals surface area contributed by atoms with E-state index in [9.17, 15) is 19.3 Å². The van der Waals surface area contributed by atoms with Crippen LogP contribution in [-0.4, -0.2) is 51.7 Å². The first-order valence-corrected chi connectivity index (χ1v) is 10.1. The summed E-state index contributed by atoms with van der Waals surface area (Å²) in [4.78, 5) is 25.9. The van der Waals surface area contributed by atoms with Gasteiger partial charge >= 0.3 is 0 Å². The predicted molar refractivity (Wildman–Crippen MR) is 114 cm³/mol. The summed E-state index contributed by atoms with van der Waals surface area (Å²) in [6.07, 6.45) is 2.35. The van der Waals surface area contributed by atoms with Crippen LogP contribution in [0.5, 0.6) is 0 Å². The van der Waals surface area contributed by atoms with E-state index in [-0.39, 0.29) is 23.1 Å². The number of rotatable bonds is 7. The van der Waals surface area contributed by atoms with Gasteiger partial charge < -0.3 is 10.2 Å². The van der Waals surface area contributed by atoms with Crippen molar-refractivity contribution in [3.63, 3.8) is 0 Å². The molecule has 1 fully saturated rings. The molecule has 0 unspecified atom stereocenters. The number of nitrogens with zero attached hydrogens (tertiary/aromatic N) is 4. The Bertz CT molecular complexity index is 1090. The van der Waals surface area contributed by atoms with Crippen molar-refractivity contribution in [3.05, 3.63) is 76.2 Å². The number of aromatic nitrogens is 2. The highest BCUT2D eigenvalue weighted by Gasteiger charge is 2.20. The minimum Gasteiger partial charge on any atom is -0.349 e. The number of nitro groups is 1. The maximum absolute atomic E-state index is 13.3. The average Bonchev–Trinajstić information content (AvgIpc) is 3.44. The number of carbonyl (C=O) groups is 1. The van der Waals surface area contributed by atoms with Gasteiger partial charge in [0, 0.05) is 30.8 Å². The first-order valence-electron chi connectivity index (χ1n) is 10.1. The van der Waals surface area contributed by atoms with E-state index in [1.807, 2.05) is 0 Å². The maximum atomic E-state index is 13.3. The lowest BCUT2D eigenvalue weighted by molar-refractivity contribution is -0.384. The number of hydrogen-bond donors (Lipinski definition) is 1. The lowest BCUT2D eigenvalue weighted by Gasteiger charge is -2.15. The molecule has 0 saturated carbocycles. The molecule has 1 aromatic heterocycles. The first-order chi connectivity index (χ1) is 15.0. The van der Waals surface area contributed by atoms with E-state index in [0.29, 0.717) is 23.5 Å². The van der Waals surface area contributed by atoms with E-state index < -0.39 is 4.92 Å². The lowest BCUT2D eigenvalue weighted by atomic mass is 10.1. The van der Waals surface area contributed by atoms with Crippen LogP contribution in [0.3, 0.4) is 0 Å². The zero-order valence-electron chi connectivity index (χ0n) is 16.8. The molecule has 0 bridgehead atoms. The van der Waals surface area contributed by atoms with Crippen LogP contribution < -0.4 is 5.32 Å². The van der Waals surface area contributed by atoms with Gasteiger partial charge in [-0.1, -0.05) is 6.07 Å². The van der Waals surface area contributed by atoms with Crippen LogP contribution >= 0.6 is 0 Å². The van der Waals surface area contributed by atoms with Crippen molar-refractivity contribution in [1.82, 2.24) is 20.0 Å². The van der Waals surface area contributed by atoms with E-state index in [2.05, 4.69) is 15.3 Å². The van der Waals surface area contributed by atoms with Gasteiger partial charge in [-0.3, -0.25) is 14.9 Å². The molecule has 8 nitrogen and oxygen atoms in total. The fourth-order valence-electron chi connectivity index (χ4n) is 3.66. The smallest absolute Gasteiger partial charge is 0.271 e. The lowest BCUT2D eigenvalue weighted by Crippen LogP contribution is -2.34. The van der Waals surface area contributed by atoms with Crippen LogP contribution in [0.25, 0.3) is 16.9 Å². The third kappa shape index (κ3) is 4.77. The number of benzene rings is 2. The molecule has 2 heterocycles. The highest BCUT2D eigenvalue weighted by Crippen LogP contribution is 2.24. The maximum Gasteiger partial charge on any atom is 0.271 e. The van der Waals surface area contributed by atoms with Crippen LogP contribution in [0.2, 0.25) is 0 Å². The molecule has 1 amide bonds. The molecule has 1 saturated heterocycles. The van der Waals surface area contributed by atoms with Gasteiger partial charge in [0.15, 0.2) is 0 Å². The third-order valence-electron chi connectivity index (χ3n) is 5.28. The summed E-state index contributed by atoms with van der Waals surface area (Å²) in [5.74, 6) is -0.701. The molecular weight excluding hydrogens is 401 g/mol. The second-order valence-corrected chi connectivity index (χ2v) is 7.42. The van der Waals surface area contributed by atoms with Gasteiger partial charge in [-0.05, 0) is 62.3 Å². The number of halogens is 1. The Morgan fingerprint density at radius 2 is 1.87 bits per heavy atom. The van der Waals surface area contributed by atoms with E-state index in [0.717, 1.165) is 19.6 Å². The third-order valence-corrected chi connectivity index (χ3v) is 5.28. The normalized spacial score (nSPS) is 14.0. The molecule has 1 aliphatic rings. The van der Waals surface area contributed by atoms with E-state index >= 15 is 0 Å². The van der Waals surface area contributed by atoms with Crippen molar-refractivity contribution in [2.24, 2.45) is 0 Å². The van der Waals surface area contributed by atoms with Gasteiger partial charge in [-0.15, -0.1) is 0 Å². The number of hydrogen-bond acceptors (Lipinski definition) is 5. The number of likely N-dealkylation sites (tertiary alicyclic amines) is 1. The summed E-state index contributed by atoms with van der Waals surface area (Å²) in [6, 6.07) is 13.3. The molecule has 2 aromatic carbocycles. The Balaban J connectivity index is 1.64. The highest BCUT2D eigenvalue weighted by molar-refractivity contribution is 5.94. The number of nitrogens with one attached hydrogen (secondary N) is 1. The first kappa shape index (κ1) is 20.7. The molecule has 1 aliphatic heterocycles. The Kier molecular flexibility index (Phi) is 6.03. The van der Waals surface area contributed by atoms with Crippen LogP contribution in [0.1, 0.15) is 23.3 Å². The van der Waals surface area contributed by atoms with E-state index in [1.54, 1.807) is 30.3 Å². The highest BCUT2D eigenvalue weighted by atomic mass is 19.1. The van der Waals surface area contributed by atoms with Gasteiger partial charge in [0.05, 0.1) is 16.3 Å². The molecular formula is C22H22FN5O3. The summed E-state index contributed by atoms with van der Waals surface area (Å²) in [7, 11) is 0. The Morgan fingerprint density at radius 1 is 1.13 bits per heavy atom. The number of amides is 1. The number of carbonyl (C=O) groups excluding carboxylic acids is 1. The SMILES string of the molecule is O=C(NCCN1CCCC1)c1cc(-c2ccc(F)cc2)nn1-c1cccc([N+](=O)[O-])c1. The summed E-state index contributed by atoms with van der Waals surface area (Å²) < 4.78 is 14.7. The van der Waals surface area contributed by atoms with Gasteiger partial charge in [-0.2, -0.15) is 5.10 Å². The van der Waals surface area contributed by atoms with Gasteiger partial charge in [-0.25, -0.2) is 9.07 Å². The molecule has 31 heavy (non-hydrogen) atoms.